The third-order valence-corrected chi connectivity index (χ3v) is 17.7. The average molecular weight is 1170 g/mol. The van der Waals surface area contributed by atoms with E-state index in [-0.39, 0.29) is 18.5 Å². The van der Waals surface area contributed by atoms with E-state index >= 15 is 0 Å². The molecule has 0 aliphatic heterocycles. The first-order chi connectivity index (χ1) is 41.0. The van der Waals surface area contributed by atoms with Crippen molar-refractivity contribution in [3.63, 3.8) is 0 Å². The van der Waals surface area contributed by atoms with Crippen LogP contribution in [0.3, 0.4) is 0 Å². The predicted molar refractivity (Wildman–Crippen MR) is 366 cm³/mol. The molecular formula is C77H147NO5. The van der Waals surface area contributed by atoms with Crippen LogP contribution < -0.4 is 5.32 Å². The van der Waals surface area contributed by atoms with Crippen molar-refractivity contribution in [1.82, 2.24) is 5.32 Å². The van der Waals surface area contributed by atoms with E-state index in [1.807, 2.05) is 6.08 Å². The van der Waals surface area contributed by atoms with Gasteiger partial charge in [-0.05, 0) is 64.2 Å². The lowest BCUT2D eigenvalue weighted by Gasteiger charge is -2.20. The average Bonchev–Trinajstić information content (AvgIpc) is 3.49. The molecule has 6 nitrogen and oxygen atoms in total. The monoisotopic (exact) mass is 1170 g/mol. The second-order valence-corrected chi connectivity index (χ2v) is 26.0. The molecule has 0 bridgehead atoms. The summed E-state index contributed by atoms with van der Waals surface area (Å²) >= 11 is 0. The van der Waals surface area contributed by atoms with Crippen LogP contribution in [0.2, 0.25) is 0 Å². The molecule has 0 aliphatic rings. The van der Waals surface area contributed by atoms with Crippen LogP contribution in [0, 0.1) is 0 Å². The van der Waals surface area contributed by atoms with Crippen molar-refractivity contribution in [2.75, 3.05) is 13.2 Å². The topological polar surface area (TPSA) is 95.9 Å². The van der Waals surface area contributed by atoms with Gasteiger partial charge in [0.2, 0.25) is 5.91 Å². The van der Waals surface area contributed by atoms with Gasteiger partial charge in [-0.15, -0.1) is 0 Å². The summed E-state index contributed by atoms with van der Waals surface area (Å²) in [6.45, 7) is 4.94. The first-order valence-corrected chi connectivity index (χ1v) is 37.8. The molecule has 0 aromatic rings. The Hall–Kier alpha value is -1.92. The zero-order valence-electron chi connectivity index (χ0n) is 56.2. The molecule has 490 valence electrons. The number of nitrogens with one attached hydrogen (secondary N) is 1. The number of carbonyl (C=O) groups excluding carboxylic acids is 2. The number of allylic oxidation sites excluding steroid dienone is 5. The minimum atomic E-state index is -0.843. The summed E-state index contributed by atoms with van der Waals surface area (Å²) in [6.07, 6.45) is 93.9. The highest BCUT2D eigenvalue weighted by Gasteiger charge is 2.18. The largest absolute Gasteiger partial charge is 0.466 e. The van der Waals surface area contributed by atoms with E-state index in [1.54, 1.807) is 6.08 Å². The fraction of sp³-hybridized carbons (Fsp3) is 0.896. The number of carbonyl (C=O) groups is 2. The van der Waals surface area contributed by atoms with Crippen LogP contribution in [0.4, 0.5) is 0 Å². The minimum Gasteiger partial charge on any atom is -0.466 e. The lowest BCUT2D eigenvalue weighted by atomic mass is 10.0. The molecule has 0 fully saturated rings. The zero-order chi connectivity index (χ0) is 59.9. The highest BCUT2D eigenvalue weighted by molar-refractivity contribution is 5.76. The first kappa shape index (κ1) is 81.1. The van der Waals surface area contributed by atoms with E-state index in [9.17, 15) is 19.8 Å². The van der Waals surface area contributed by atoms with Gasteiger partial charge in [0.1, 0.15) is 0 Å². The van der Waals surface area contributed by atoms with Crippen molar-refractivity contribution >= 4 is 11.9 Å². The van der Waals surface area contributed by atoms with Gasteiger partial charge in [0.15, 0.2) is 0 Å². The number of aliphatic hydroxyl groups is 2. The Kier molecular flexibility index (Phi) is 70.9. The predicted octanol–water partition coefficient (Wildman–Crippen LogP) is 24.7. The molecule has 0 aromatic carbocycles. The molecule has 0 saturated heterocycles. The van der Waals surface area contributed by atoms with Crippen LogP contribution in [-0.4, -0.2) is 47.4 Å². The molecule has 6 heteroatoms. The molecule has 0 aliphatic carbocycles. The number of amides is 1. The Balaban J connectivity index is 3.38. The Morgan fingerprint density at radius 3 is 0.916 bits per heavy atom. The molecule has 0 aromatic heterocycles. The third kappa shape index (κ3) is 69.1. The van der Waals surface area contributed by atoms with Gasteiger partial charge in [-0.25, -0.2) is 0 Å². The third-order valence-electron chi connectivity index (χ3n) is 17.7. The number of aliphatic hydroxyl groups excluding tert-OH is 2. The van der Waals surface area contributed by atoms with Gasteiger partial charge in [-0.2, -0.15) is 0 Å². The van der Waals surface area contributed by atoms with Crippen LogP contribution in [-0.2, 0) is 14.3 Å². The molecule has 0 rings (SSSR count). The summed E-state index contributed by atoms with van der Waals surface area (Å²) in [7, 11) is 0. The molecule has 2 unspecified atom stereocenters. The van der Waals surface area contributed by atoms with Crippen molar-refractivity contribution in [3.05, 3.63) is 36.5 Å². The maximum Gasteiger partial charge on any atom is 0.305 e. The fourth-order valence-corrected chi connectivity index (χ4v) is 11.9. The normalized spacial score (nSPS) is 12.7. The molecule has 2 atom stereocenters. The number of esters is 1. The quantitative estimate of drug-likeness (QED) is 0.0320. The number of hydrogen-bond donors (Lipinski definition) is 3. The smallest absolute Gasteiger partial charge is 0.305 e. The minimum absolute atomic E-state index is 0.0194. The maximum atomic E-state index is 12.5. The van der Waals surface area contributed by atoms with E-state index in [2.05, 4.69) is 43.5 Å². The van der Waals surface area contributed by atoms with E-state index in [0.29, 0.717) is 19.4 Å². The highest BCUT2D eigenvalue weighted by Crippen LogP contribution is 2.19. The summed E-state index contributed by atoms with van der Waals surface area (Å²) < 4.78 is 5.49. The highest BCUT2D eigenvalue weighted by atomic mass is 16.5. The maximum absolute atomic E-state index is 12.5. The van der Waals surface area contributed by atoms with E-state index in [0.717, 1.165) is 44.9 Å². The molecule has 83 heavy (non-hydrogen) atoms. The standard InChI is InChI=1S/C77H147NO5/c1-3-5-7-9-11-13-15-17-19-39-42-45-49-53-57-61-65-69-75(80)74(73-79)78-76(81)70-66-62-58-54-50-46-43-40-37-35-33-31-29-27-25-23-21-20-22-24-26-28-30-32-34-36-38-41-44-48-52-56-60-64-68-72-83-77(82)71-67-63-59-55-51-47-18-16-14-12-10-8-6-4-2/h22,24,28,30,65,69,74-75,79-80H,3-21,23,25-27,29,31-64,66-68,70-73H2,1-2H3,(H,78,81)/b24-22-,30-28-,69-65+. The Labute approximate surface area is 519 Å². The van der Waals surface area contributed by atoms with E-state index < -0.39 is 12.1 Å². The second kappa shape index (κ2) is 72.6. The van der Waals surface area contributed by atoms with Crippen molar-refractivity contribution in [2.45, 2.75) is 431 Å². The van der Waals surface area contributed by atoms with Crippen molar-refractivity contribution in [2.24, 2.45) is 0 Å². The Morgan fingerprint density at radius 2 is 0.602 bits per heavy atom. The fourth-order valence-electron chi connectivity index (χ4n) is 11.9. The van der Waals surface area contributed by atoms with Crippen LogP contribution in [0.5, 0.6) is 0 Å². The Bertz CT molecular complexity index is 1340. The van der Waals surface area contributed by atoms with Gasteiger partial charge in [-0.3, -0.25) is 9.59 Å². The summed E-state index contributed by atoms with van der Waals surface area (Å²) in [6, 6.07) is -0.626. The summed E-state index contributed by atoms with van der Waals surface area (Å²) in [5.41, 5.74) is 0. The lowest BCUT2D eigenvalue weighted by molar-refractivity contribution is -0.143. The summed E-state index contributed by atoms with van der Waals surface area (Å²) in [4.78, 5) is 24.6. The zero-order valence-corrected chi connectivity index (χ0v) is 56.2. The molecule has 0 saturated carbocycles. The van der Waals surface area contributed by atoms with Gasteiger partial charge in [0, 0.05) is 12.8 Å². The molecule has 1 amide bonds. The lowest BCUT2D eigenvalue weighted by Crippen LogP contribution is -2.45. The van der Waals surface area contributed by atoms with Crippen molar-refractivity contribution in [3.8, 4) is 0 Å². The molecule has 0 spiro atoms. The van der Waals surface area contributed by atoms with Gasteiger partial charge in [-0.1, -0.05) is 378 Å². The molecule has 0 radical (unpaired) electrons. The van der Waals surface area contributed by atoms with Gasteiger partial charge in [0.05, 0.1) is 25.4 Å². The second-order valence-electron chi connectivity index (χ2n) is 26.0. The molecular weight excluding hydrogens is 1020 g/mol. The summed E-state index contributed by atoms with van der Waals surface area (Å²) in [5.74, 6) is -0.0431. The molecule has 0 heterocycles. The number of rotatable bonds is 71. The van der Waals surface area contributed by atoms with Crippen LogP contribution >= 0.6 is 0 Å². The van der Waals surface area contributed by atoms with E-state index in [1.165, 1.54) is 347 Å². The number of hydrogen-bond acceptors (Lipinski definition) is 5. The number of ether oxygens (including phenoxy) is 1. The Morgan fingerprint density at radius 1 is 0.337 bits per heavy atom. The van der Waals surface area contributed by atoms with Crippen molar-refractivity contribution in [1.29, 1.82) is 0 Å². The first-order valence-electron chi connectivity index (χ1n) is 37.8. The SMILES string of the molecule is CCCCCCCCCCCCCCCCC/C=C/C(O)C(CO)NC(=O)CCCCCCCCCCCCCCCCCCC/C=C\C/C=C\CCCCCCCCCCCCCOC(=O)CCCCCCCCCCCCCCCC. The van der Waals surface area contributed by atoms with Crippen LogP contribution in [0.25, 0.3) is 0 Å². The van der Waals surface area contributed by atoms with Gasteiger partial charge in [0.25, 0.3) is 0 Å². The van der Waals surface area contributed by atoms with Gasteiger partial charge < -0.3 is 20.3 Å². The molecule has 3 N–H and O–H groups in total. The number of unbranched alkanes of at least 4 members (excludes halogenated alkanes) is 56. The summed E-state index contributed by atoms with van der Waals surface area (Å²) in [5, 5.41) is 23.2. The van der Waals surface area contributed by atoms with E-state index in [4.69, 9.17) is 4.74 Å². The van der Waals surface area contributed by atoms with Gasteiger partial charge >= 0.3 is 5.97 Å². The van der Waals surface area contributed by atoms with Crippen LogP contribution in [0.1, 0.15) is 418 Å². The van der Waals surface area contributed by atoms with Crippen molar-refractivity contribution < 1.29 is 24.5 Å². The van der Waals surface area contributed by atoms with Crippen LogP contribution in [0.15, 0.2) is 36.5 Å².